The SMILES string of the molecule is C#C.C=CN1C(N2CCN(C(=O)N(C)C)CC2)=CC(O)=C\C1=C(C(/C=C\CC)=C/C)\[C@H](C)CC.CC.CC.CC1(N[S-])CC1.[W]. The molecule has 1 saturated heterocycles. The van der Waals surface area contributed by atoms with E-state index in [1.165, 1.54) is 18.4 Å². The molecule has 3 aliphatic rings. The summed E-state index contributed by atoms with van der Waals surface area (Å²) < 4.78 is 2.80. The summed E-state index contributed by atoms with van der Waals surface area (Å²) in [6.45, 7) is 25.5. The van der Waals surface area contributed by atoms with E-state index < -0.39 is 0 Å². The quantitative estimate of drug-likeness (QED) is 0.147. The maximum atomic E-state index is 12.3. The van der Waals surface area contributed by atoms with Gasteiger partial charge in [-0.25, -0.2) is 4.79 Å². The van der Waals surface area contributed by atoms with Crippen LogP contribution in [0.3, 0.4) is 0 Å². The first-order chi connectivity index (χ1) is 21.0. The van der Waals surface area contributed by atoms with Crippen LogP contribution in [0, 0.1) is 18.8 Å². The van der Waals surface area contributed by atoms with E-state index >= 15 is 0 Å². The van der Waals surface area contributed by atoms with E-state index in [-0.39, 0.29) is 32.9 Å². The van der Waals surface area contributed by atoms with Crippen molar-refractivity contribution in [3.05, 3.63) is 71.6 Å². The average molecular weight is 813 g/mol. The Hall–Kier alpha value is -2.33. The van der Waals surface area contributed by atoms with Crippen LogP contribution in [0.5, 0.6) is 0 Å². The van der Waals surface area contributed by atoms with Gasteiger partial charge in [0.2, 0.25) is 0 Å². The number of terminal acetylenes is 1. The Morgan fingerprint density at radius 2 is 1.67 bits per heavy atom. The molecule has 0 aromatic rings. The van der Waals surface area contributed by atoms with Crippen LogP contribution in [0.15, 0.2) is 71.6 Å². The van der Waals surface area contributed by atoms with Crippen molar-refractivity contribution < 1.29 is 31.0 Å². The van der Waals surface area contributed by atoms with Gasteiger partial charge in [-0.2, -0.15) is 0 Å². The molecule has 9 heteroatoms. The molecule has 2 heterocycles. The minimum Gasteiger partial charge on any atom is -0.705 e. The summed E-state index contributed by atoms with van der Waals surface area (Å²) in [7, 11) is 3.56. The first-order valence-electron chi connectivity index (χ1n) is 16.1. The van der Waals surface area contributed by atoms with Crippen LogP contribution < -0.4 is 4.72 Å². The molecular formula is C36H62N5O2SW-. The minimum atomic E-state index is 0. The van der Waals surface area contributed by atoms with Crippen molar-refractivity contribution in [2.45, 2.75) is 93.5 Å². The third kappa shape index (κ3) is 15.2. The molecule has 256 valence electrons. The fraction of sp³-hybridized carbons (Fsp3) is 0.583. The van der Waals surface area contributed by atoms with Gasteiger partial charge in [-0.1, -0.05) is 73.3 Å². The first-order valence-corrected chi connectivity index (χ1v) is 16.5. The Morgan fingerprint density at radius 1 is 1.13 bits per heavy atom. The van der Waals surface area contributed by atoms with Crippen LogP contribution in [0.25, 0.3) is 0 Å². The predicted molar refractivity (Wildman–Crippen MR) is 193 cm³/mol. The maximum absolute atomic E-state index is 12.3. The summed E-state index contributed by atoms with van der Waals surface area (Å²) in [4.78, 5) is 20.1. The molecule has 7 nitrogen and oxygen atoms in total. The maximum Gasteiger partial charge on any atom is 0.319 e. The van der Waals surface area contributed by atoms with Gasteiger partial charge in [-0.15, -0.1) is 12.8 Å². The number of amides is 2. The molecule has 0 radical (unpaired) electrons. The van der Waals surface area contributed by atoms with Crippen molar-refractivity contribution in [2.24, 2.45) is 5.92 Å². The van der Waals surface area contributed by atoms with Gasteiger partial charge in [0.15, 0.2) is 0 Å². The van der Waals surface area contributed by atoms with Gasteiger partial charge in [-0.05, 0) is 62.1 Å². The molecule has 0 spiro atoms. The second kappa shape index (κ2) is 25.8. The van der Waals surface area contributed by atoms with E-state index in [0.717, 1.165) is 29.9 Å². The molecule has 3 rings (SSSR count). The van der Waals surface area contributed by atoms with Gasteiger partial charge in [0.1, 0.15) is 11.6 Å². The molecule has 1 saturated carbocycles. The fourth-order valence-corrected chi connectivity index (χ4v) is 4.60. The van der Waals surface area contributed by atoms with Crippen LogP contribution in [0.4, 0.5) is 4.79 Å². The molecule has 0 unspecified atom stereocenters. The molecule has 2 amide bonds. The number of carbonyl (C=O) groups excluding carboxylic acids is 1. The molecule has 2 N–H and O–H groups in total. The summed E-state index contributed by atoms with van der Waals surface area (Å²) >= 11 is 4.60. The molecule has 0 bridgehead atoms. The molecule has 2 aliphatic heterocycles. The van der Waals surface area contributed by atoms with Gasteiger partial charge in [0, 0.05) is 79.7 Å². The zero-order valence-corrected chi connectivity index (χ0v) is 33.8. The third-order valence-corrected chi connectivity index (χ3v) is 7.78. The number of nitrogens with zero attached hydrogens (tertiary/aromatic N) is 4. The summed E-state index contributed by atoms with van der Waals surface area (Å²) in [5, 5.41) is 10.7. The van der Waals surface area contributed by atoms with Crippen molar-refractivity contribution >= 4 is 18.8 Å². The Morgan fingerprint density at radius 3 is 2.02 bits per heavy atom. The third-order valence-electron chi connectivity index (χ3n) is 7.29. The zero-order valence-electron chi connectivity index (χ0n) is 30.0. The number of aliphatic hydroxyl groups excluding tert-OH is 1. The van der Waals surface area contributed by atoms with E-state index in [1.807, 2.05) is 44.9 Å². The van der Waals surface area contributed by atoms with Crippen molar-refractivity contribution in [3.63, 3.8) is 0 Å². The molecule has 45 heavy (non-hydrogen) atoms. The number of allylic oxidation sites excluding steroid dienone is 7. The number of hydrogen-bond acceptors (Lipinski definition) is 6. The molecule has 1 atom stereocenters. The fourth-order valence-electron chi connectivity index (χ4n) is 4.39. The first kappa shape index (κ1) is 47.1. The van der Waals surface area contributed by atoms with E-state index in [9.17, 15) is 9.90 Å². The normalized spacial score (nSPS) is 18.3. The Kier molecular flexibility index (Phi) is 27.0. The minimum absolute atomic E-state index is 0. The van der Waals surface area contributed by atoms with Gasteiger partial charge >= 0.3 is 6.03 Å². The molecular weight excluding hydrogens is 750 g/mol. The van der Waals surface area contributed by atoms with E-state index in [1.54, 1.807) is 25.1 Å². The molecule has 0 aromatic carbocycles. The second-order valence-electron chi connectivity index (χ2n) is 10.6. The average Bonchev–Trinajstić information content (AvgIpc) is 3.82. The monoisotopic (exact) mass is 812 g/mol. The van der Waals surface area contributed by atoms with Crippen LogP contribution >= 0.6 is 0 Å². The Balaban J connectivity index is -0.00000116. The zero-order chi connectivity index (χ0) is 34.5. The van der Waals surface area contributed by atoms with Crippen LogP contribution in [-0.4, -0.2) is 76.6 Å². The van der Waals surface area contributed by atoms with Crippen LogP contribution in [-0.2, 0) is 33.9 Å². The van der Waals surface area contributed by atoms with E-state index in [0.29, 0.717) is 37.6 Å². The second-order valence-corrected chi connectivity index (χ2v) is 10.8. The summed E-state index contributed by atoms with van der Waals surface area (Å²) in [6, 6.07) is 0.0330. The number of aliphatic hydroxyl groups is 1. The van der Waals surface area contributed by atoms with E-state index in [4.69, 9.17) is 0 Å². The summed E-state index contributed by atoms with van der Waals surface area (Å²) in [5.74, 6) is 1.43. The number of rotatable bonds is 8. The molecule has 1 aliphatic carbocycles. The van der Waals surface area contributed by atoms with Crippen molar-refractivity contribution in [2.75, 3.05) is 40.3 Å². The molecule has 2 fully saturated rings. The van der Waals surface area contributed by atoms with Crippen LogP contribution in [0.2, 0.25) is 0 Å². The molecule has 0 aromatic heterocycles. The summed E-state index contributed by atoms with van der Waals surface area (Å²) in [6.07, 6.45) is 24.4. The van der Waals surface area contributed by atoms with Gasteiger partial charge in [0.05, 0.1) is 5.70 Å². The van der Waals surface area contributed by atoms with Gasteiger partial charge < -0.3 is 42.2 Å². The van der Waals surface area contributed by atoms with Crippen molar-refractivity contribution in [1.82, 2.24) is 24.3 Å². The standard InChI is InChI=1S/C26H40N4O2.C4H8NS.2C2H6.C2H2.W/c1-8-12-13-21(10-3)25(20(5)9-2)23-18-22(31)19-24(30(23)11-4)28-14-16-29(17-15-28)26(32)27(6)7;1-4(5-6)2-3-4;3*1-2;/h10-13,18-20,31H,4,8-9,14-17H2,1-3,5-7H3;5H,2-3H2,1H3;2*1-2H3;1-2H;/q;-1;;;;/b13-12-,21-10+,25-23+;;;;;/t20-;;;;;/m1...../s1. The van der Waals surface area contributed by atoms with Crippen molar-refractivity contribution in [3.8, 4) is 12.8 Å². The number of urea groups is 1. The topological polar surface area (TPSA) is 62.3 Å². The van der Waals surface area contributed by atoms with Crippen molar-refractivity contribution in [1.29, 1.82) is 0 Å². The van der Waals surface area contributed by atoms with Crippen LogP contribution in [0.1, 0.15) is 88.0 Å². The summed E-state index contributed by atoms with van der Waals surface area (Å²) in [5.41, 5.74) is 3.66. The number of nitrogens with one attached hydrogen (secondary N) is 1. The van der Waals surface area contributed by atoms with Gasteiger partial charge in [-0.3, -0.25) is 0 Å². The smallest absolute Gasteiger partial charge is 0.319 e. The largest absolute Gasteiger partial charge is 0.705 e. The number of hydrogen-bond donors (Lipinski definition) is 2. The van der Waals surface area contributed by atoms with E-state index in [2.05, 4.69) is 99.6 Å². The van der Waals surface area contributed by atoms with Gasteiger partial charge in [0.25, 0.3) is 0 Å². The Labute approximate surface area is 297 Å². The number of piperazine rings is 1. The number of carbonyl (C=O) groups is 1. The predicted octanol–water partition coefficient (Wildman–Crippen LogP) is 8.13. The Bertz CT molecular complexity index is 1030.